The second-order valence-corrected chi connectivity index (χ2v) is 12.9. The van der Waals surface area contributed by atoms with E-state index in [1.54, 1.807) is 0 Å². The summed E-state index contributed by atoms with van der Waals surface area (Å²) in [5.41, 5.74) is 2.01. The molecule has 2 atom stereocenters. The first-order chi connectivity index (χ1) is 12.2. The highest BCUT2D eigenvalue weighted by atomic mass is 28.4. The molecule has 0 aliphatic carbocycles. The maximum Gasteiger partial charge on any atom is 0.193 e. The van der Waals surface area contributed by atoms with Crippen LogP contribution in [0.4, 0.5) is 0 Å². The second kappa shape index (κ2) is 8.76. The summed E-state index contributed by atoms with van der Waals surface area (Å²) in [6.45, 7) is 11.4. The summed E-state index contributed by atoms with van der Waals surface area (Å²) in [4.78, 5) is 11.9. The van der Waals surface area contributed by atoms with Gasteiger partial charge in [0.05, 0.1) is 6.61 Å². The van der Waals surface area contributed by atoms with E-state index in [0.29, 0.717) is 6.61 Å². The van der Waals surface area contributed by atoms with Crippen molar-refractivity contribution < 1.29 is 14.0 Å². The fraction of sp³-hybridized carbons (Fsp3) is 0.409. The van der Waals surface area contributed by atoms with Crippen LogP contribution >= 0.6 is 0 Å². The van der Waals surface area contributed by atoms with Crippen LogP contribution in [0.25, 0.3) is 0 Å². The molecule has 2 rings (SSSR count). The molecule has 0 N–H and O–H groups in total. The Morgan fingerprint density at radius 1 is 0.962 bits per heavy atom. The van der Waals surface area contributed by atoms with Gasteiger partial charge in [0.25, 0.3) is 0 Å². The lowest BCUT2D eigenvalue weighted by molar-refractivity contribution is -0.126. The van der Waals surface area contributed by atoms with E-state index in [2.05, 4.69) is 33.9 Å². The molecular formula is C22H30O3Si. The van der Waals surface area contributed by atoms with Gasteiger partial charge in [0.15, 0.2) is 14.6 Å². The Morgan fingerprint density at radius 2 is 1.50 bits per heavy atom. The number of hydrogen-bond acceptors (Lipinski definition) is 3. The van der Waals surface area contributed by atoms with Gasteiger partial charge in [-0.3, -0.25) is 0 Å². The number of benzene rings is 2. The van der Waals surface area contributed by atoms with Crippen molar-refractivity contribution in [1.29, 1.82) is 0 Å². The SMILES string of the molecule is CC(C)(C)[Si](C)(C)O[C@H](c1ccccc1)[C@@H](C=O)OCc1ccccc1. The van der Waals surface area contributed by atoms with Gasteiger partial charge in [-0.2, -0.15) is 0 Å². The number of hydrogen-bond donors (Lipinski definition) is 0. The van der Waals surface area contributed by atoms with Crippen LogP contribution in [0.1, 0.15) is 38.0 Å². The van der Waals surface area contributed by atoms with Crippen molar-refractivity contribution in [2.45, 2.75) is 57.7 Å². The van der Waals surface area contributed by atoms with Gasteiger partial charge in [0.2, 0.25) is 0 Å². The van der Waals surface area contributed by atoms with E-state index in [1.165, 1.54) is 0 Å². The van der Waals surface area contributed by atoms with E-state index in [1.807, 2.05) is 60.7 Å². The minimum atomic E-state index is -2.08. The molecule has 0 spiro atoms. The molecule has 0 fully saturated rings. The van der Waals surface area contributed by atoms with Crippen molar-refractivity contribution in [1.82, 2.24) is 0 Å². The van der Waals surface area contributed by atoms with Crippen molar-refractivity contribution in [3.8, 4) is 0 Å². The zero-order valence-electron chi connectivity index (χ0n) is 16.4. The van der Waals surface area contributed by atoms with Crippen molar-refractivity contribution in [2.75, 3.05) is 0 Å². The van der Waals surface area contributed by atoms with Gasteiger partial charge in [-0.05, 0) is 29.3 Å². The molecule has 0 unspecified atom stereocenters. The smallest absolute Gasteiger partial charge is 0.193 e. The van der Waals surface area contributed by atoms with Gasteiger partial charge in [0, 0.05) is 0 Å². The molecule has 2 aromatic rings. The molecule has 4 heteroatoms. The number of rotatable bonds is 8. The quantitative estimate of drug-likeness (QED) is 0.452. The average molecular weight is 371 g/mol. The molecule has 0 saturated heterocycles. The molecule has 0 bridgehead atoms. The molecule has 0 aromatic heterocycles. The second-order valence-electron chi connectivity index (χ2n) is 8.11. The molecule has 0 amide bonds. The van der Waals surface area contributed by atoms with Crippen LogP contribution in [-0.2, 0) is 20.6 Å². The molecule has 3 nitrogen and oxygen atoms in total. The minimum Gasteiger partial charge on any atom is -0.407 e. The Kier molecular flexibility index (Phi) is 6.92. The van der Waals surface area contributed by atoms with Crippen LogP contribution < -0.4 is 0 Å². The normalized spacial score (nSPS) is 14.7. The molecule has 0 radical (unpaired) electrons. The number of aldehydes is 1. The molecule has 140 valence electrons. The molecule has 26 heavy (non-hydrogen) atoms. The van der Waals surface area contributed by atoms with Crippen molar-refractivity contribution in [2.24, 2.45) is 0 Å². The molecule has 0 aliphatic rings. The summed E-state index contributed by atoms with van der Waals surface area (Å²) < 4.78 is 12.6. The number of ether oxygens (including phenoxy) is 1. The first-order valence-corrected chi connectivity index (χ1v) is 12.0. The third-order valence-electron chi connectivity index (χ3n) is 5.07. The predicted octanol–water partition coefficient (Wildman–Crippen LogP) is 5.53. The van der Waals surface area contributed by atoms with Crippen molar-refractivity contribution in [3.63, 3.8) is 0 Å². The monoisotopic (exact) mass is 370 g/mol. The zero-order valence-corrected chi connectivity index (χ0v) is 17.4. The van der Waals surface area contributed by atoms with Crippen LogP contribution in [0.2, 0.25) is 18.1 Å². The third kappa shape index (κ3) is 5.37. The van der Waals surface area contributed by atoms with Crippen molar-refractivity contribution >= 4 is 14.6 Å². The van der Waals surface area contributed by atoms with E-state index in [-0.39, 0.29) is 5.04 Å². The maximum atomic E-state index is 11.9. The van der Waals surface area contributed by atoms with E-state index in [9.17, 15) is 4.79 Å². The zero-order chi connectivity index (χ0) is 19.2. The van der Waals surface area contributed by atoms with Gasteiger partial charge in [-0.25, -0.2) is 0 Å². The first kappa shape index (κ1) is 20.6. The lowest BCUT2D eigenvalue weighted by Crippen LogP contribution is -2.44. The first-order valence-electron chi connectivity index (χ1n) is 9.08. The van der Waals surface area contributed by atoms with Crippen LogP contribution in [0.3, 0.4) is 0 Å². The van der Waals surface area contributed by atoms with Gasteiger partial charge in [0.1, 0.15) is 12.2 Å². The lowest BCUT2D eigenvalue weighted by atomic mass is 10.1. The molecule has 2 aromatic carbocycles. The predicted molar refractivity (Wildman–Crippen MR) is 109 cm³/mol. The highest BCUT2D eigenvalue weighted by Crippen LogP contribution is 2.40. The Balaban J connectivity index is 2.25. The highest BCUT2D eigenvalue weighted by molar-refractivity contribution is 6.74. The standard InChI is InChI=1S/C22H30O3Si/c1-22(2,3)26(4,5)25-21(19-14-10-7-11-15-19)20(16-23)24-17-18-12-8-6-9-13-18/h6-16,20-21H,17H2,1-5H3/t20-,21-/m1/s1. The van der Waals surface area contributed by atoms with E-state index in [4.69, 9.17) is 9.16 Å². The minimum absolute atomic E-state index is 0.0485. The van der Waals surface area contributed by atoms with Gasteiger partial charge in [-0.1, -0.05) is 81.4 Å². The lowest BCUT2D eigenvalue weighted by Gasteiger charge is -2.40. The number of carbonyl (C=O) groups is 1. The fourth-order valence-electron chi connectivity index (χ4n) is 2.43. The molecule has 0 aliphatic heterocycles. The Hall–Kier alpha value is -1.75. The average Bonchev–Trinajstić information content (AvgIpc) is 2.62. The summed E-state index contributed by atoms with van der Waals surface area (Å²) >= 11 is 0. The fourth-order valence-corrected chi connectivity index (χ4v) is 3.69. The van der Waals surface area contributed by atoms with Gasteiger partial charge in [-0.15, -0.1) is 0 Å². The van der Waals surface area contributed by atoms with Crippen LogP contribution in [0.15, 0.2) is 60.7 Å². The summed E-state index contributed by atoms with van der Waals surface area (Å²) in [6.07, 6.45) is -0.182. The van der Waals surface area contributed by atoms with E-state index < -0.39 is 20.5 Å². The Morgan fingerprint density at radius 3 is 2.00 bits per heavy atom. The van der Waals surface area contributed by atoms with Crippen molar-refractivity contribution in [3.05, 3.63) is 71.8 Å². The van der Waals surface area contributed by atoms with Gasteiger partial charge >= 0.3 is 0 Å². The van der Waals surface area contributed by atoms with Crippen LogP contribution in [-0.4, -0.2) is 20.7 Å². The number of carbonyl (C=O) groups excluding carboxylic acids is 1. The Labute approximate surface area is 158 Å². The van der Waals surface area contributed by atoms with E-state index in [0.717, 1.165) is 17.4 Å². The van der Waals surface area contributed by atoms with Crippen LogP contribution in [0, 0.1) is 0 Å². The van der Waals surface area contributed by atoms with Crippen LogP contribution in [0.5, 0.6) is 0 Å². The summed E-state index contributed by atoms with van der Waals surface area (Å²) in [5, 5.41) is 0.0485. The third-order valence-corrected chi connectivity index (χ3v) is 9.53. The Bertz CT molecular complexity index is 678. The van der Waals surface area contributed by atoms with Gasteiger partial charge < -0.3 is 14.0 Å². The summed E-state index contributed by atoms with van der Waals surface area (Å²) in [6, 6.07) is 19.8. The molecule has 0 saturated carbocycles. The highest BCUT2D eigenvalue weighted by Gasteiger charge is 2.41. The maximum absolute atomic E-state index is 11.9. The molecule has 0 heterocycles. The molecular weight excluding hydrogens is 340 g/mol. The van der Waals surface area contributed by atoms with E-state index >= 15 is 0 Å². The topological polar surface area (TPSA) is 35.5 Å². The summed E-state index contributed by atoms with van der Waals surface area (Å²) in [5.74, 6) is 0. The summed E-state index contributed by atoms with van der Waals surface area (Å²) in [7, 11) is -2.08. The largest absolute Gasteiger partial charge is 0.407 e.